The number of likely N-dealkylation sites (N-methyl/N-ethyl adjacent to an activating group) is 1. The van der Waals surface area contributed by atoms with Crippen molar-refractivity contribution in [2.45, 2.75) is 26.6 Å². The molecule has 0 aliphatic heterocycles. The predicted octanol–water partition coefficient (Wildman–Crippen LogP) is 1.98. The minimum atomic E-state index is -0.520. The quantitative estimate of drug-likeness (QED) is 0.691. The number of rotatable bonds is 5. The van der Waals surface area contributed by atoms with Gasteiger partial charge in [0.2, 0.25) is 5.91 Å². The fourth-order valence-electron chi connectivity index (χ4n) is 3.06. The van der Waals surface area contributed by atoms with E-state index >= 15 is 0 Å². The molecule has 0 atom stereocenters. The van der Waals surface area contributed by atoms with Crippen molar-refractivity contribution in [3.63, 3.8) is 0 Å². The summed E-state index contributed by atoms with van der Waals surface area (Å²) in [7, 11) is 1.59. The van der Waals surface area contributed by atoms with Crippen molar-refractivity contribution < 1.29 is 9.18 Å². The van der Waals surface area contributed by atoms with Crippen LogP contribution in [0, 0.1) is 5.82 Å². The molecular weight excluding hydrogens is 349 g/mol. The Hall–Kier alpha value is -3.22. The van der Waals surface area contributed by atoms with E-state index in [0.717, 1.165) is 4.57 Å². The van der Waals surface area contributed by atoms with Crippen LogP contribution in [0.1, 0.15) is 12.5 Å². The number of amides is 1. The van der Waals surface area contributed by atoms with Gasteiger partial charge in [-0.2, -0.15) is 0 Å². The van der Waals surface area contributed by atoms with E-state index in [4.69, 9.17) is 0 Å². The van der Waals surface area contributed by atoms with Gasteiger partial charge in [0.1, 0.15) is 12.4 Å². The summed E-state index contributed by atoms with van der Waals surface area (Å²) in [5, 5.41) is 0.388. The van der Waals surface area contributed by atoms with Crippen LogP contribution < -0.4 is 11.2 Å². The molecule has 0 bridgehead atoms. The molecule has 0 aliphatic carbocycles. The Labute approximate surface area is 155 Å². The van der Waals surface area contributed by atoms with Crippen molar-refractivity contribution in [2.75, 3.05) is 7.05 Å². The molecule has 0 spiro atoms. The summed E-state index contributed by atoms with van der Waals surface area (Å²) in [6, 6.07) is 12.7. The summed E-state index contributed by atoms with van der Waals surface area (Å²) >= 11 is 0. The standard InChI is InChI=1S/C20H20FN3O3/c1-3-23-19(26)16-9-4-5-10-17(16)24(20(23)27)13-18(25)22(2)12-14-7-6-8-15(21)11-14/h4-11H,3,12-13H2,1-2H3. The SMILES string of the molecule is CCn1c(=O)c2ccccc2n(CC(=O)N(C)Cc2cccc(F)c2)c1=O. The van der Waals surface area contributed by atoms with Crippen molar-refractivity contribution in [1.82, 2.24) is 14.0 Å². The summed E-state index contributed by atoms with van der Waals surface area (Å²) in [6.45, 7) is 1.94. The van der Waals surface area contributed by atoms with Gasteiger partial charge in [-0.05, 0) is 36.8 Å². The normalized spacial score (nSPS) is 10.9. The third-order valence-corrected chi connectivity index (χ3v) is 4.48. The van der Waals surface area contributed by atoms with Gasteiger partial charge in [0.05, 0.1) is 10.9 Å². The Morgan fingerprint density at radius 1 is 1.07 bits per heavy atom. The fraction of sp³-hybridized carbons (Fsp3) is 0.250. The Morgan fingerprint density at radius 2 is 1.81 bits per heavy atom. The number of para-hydroxylation sites is 1. The van der Waals surface area contributed by atoms with Crippen molar-refractivity contribution in [3.05, 3.63) is 80.7 Å². The summed E-state index contributed by atoms with van der Waals surface area (Å²) in [6.07, 6.45) is 0. The molecule has 0 saturated carbocycles. The summed E-state index contributed by atoms with van der Waals surface area (Å²) in [5.41, 5.74) is 0.190. The lowest BCUT2D eigenvalue weighted by Gasteiger charge is -2.19. The molecule has 0 saturated heterocycles. The van der Waals surface area contributed by atoms with Crippen LogP contribution in [0.5, 0.6) is 0 Å². The van der Waals surface area contributed by atoms with E-state index in [1.54, 1.807) is 50.4 Å². The van der Waals surface area contributed by atoms with Crippen molar-refractivity contribution >= 4 is 16.8 Å². The number of halogens is 1. The zero-order chi connectivity index (χ0) is 19.6. The number of carbonyl (C=O) groups is 1. The number of fused-ring (bicyclic) bond motifs is 1. The molecule has 0 N–H and O–H groups in total. The molecule has 6 nitrogen and oxygen atoms in total. The topological polar surface area (TPSA) is 64.3 Å². The van der Waals surface area contributed by atoms with E-state index in [2.05, 4.69) is 0 Å². The molecular formula is C20H20FN3O3. The van der Waals surface area contributed by atoms with Crippen LogP contribution >= 0.6 is 0 Å². The van der Waals surface area contributed by atoms with Crippen LogP contribution in [0.2, 0.25) is 0 Å². The third kappa shape index (κ3) is 3.67. The van der Waals surface area contributed by atoms with E-state index in [0.29, 0.717) is 16.5 Å². The van der Waals surface area contributed by atoms with Gasteiger partial charge in [-0.1, -0.05) is 24.3 Å². The van der Waals surface area contributed by atoms with E-state index in [1.165, 1.54) is 21.6 Å². The number of benzene rings is 2. The van der Waals surface area contributed by atoms with Crippen LogP contribution in [0.15, 0.2) is 58.1 Å². The van der Waals surface area contributed by atoms with Crippen LogP contribution in [0.25, 0.3) is 10.9 Å². The second-order valence-corrected chi connectivity index (χ2v) is 6.32. The second kappa shape index (κ2) is 7.57. The first kappa shape index (κ1) is 18.6. The molecule has 0 aliphatic rings. The summed E-state index contributed by atoms with van der Waals surface area (Å²) in [5.74, 6) is -0.682. The van der Waals surface area contributed by atoms with Crippen molar-refractivity contribution in [3.8, 4) is 0 Å². The Morgan fingerprint density at radius 3 is 2.52 bits per heavy atom. The largest absolute Gasteiger partial charge is 0.340 e. The molecule has 0 radical (unpaired) electrons. The van der Waals surface area contributed by atoms with Crippen molar-refractivity contribution in [2.24, 2.45) is 0 Å². The average molecular weight is 369 g/mol. The van der Waals surface area contributed by atoms with Gasteiger partial charge in [-0.15, -0.1) is 0 Å². The van der Waals surface area contributed by atoms with Crippen LogP contribution in [-0.2, 0) is 24.4 Å². The lowest BCUT2D eigenvalue weighted by atomic mass is 10.2. The zero-order valence-electron chi connectivity index (χ0n) is 15.2. The Balaban J connectivity index is 1.95. The van der Waals surface area contributed by atoms with Gasteiger partial charge in [-0.3, -0.25) is 18.7 Å². The van der Waals surface area contributed by atoms with Gasteiger partial charge in [0, 0.05) is 20.1 Å². The highest BCUT2D eigenvalue weighted by atomic mass is 19.1. The van der Waals surface area contributed by atoms with E-state index in [-0.39, 0.29) is 36.9 Å². The maximum absolute atomic E-state index is 13.3. The molecule has 7 heteroatoms. The average Bonchev–Trinajstić information content (AvgIpc) is 2.65. The van der Waals surface area contributed by atoms with E-state index < -0.39 is 5.69 Å². The minimum absolute atomic E-state index is 0.203. The number of nitrogens with zero attached hydrogens (tertiary/aromatic N) is 3. The number of hydrogen-bond acceptors (Lipinski definition) is 3. The fourth-order valence-corrected chi connectivity index (χ4v) is 3.06. The summed E-state index contributed by atoms with van der Waals surface area (Å²) in [4.78, 5) is 39.2. The molecule has 27 heavy (non-hydrogen) atoms. The van der Waals surface area contributed by atoms with Crippen LogP contribution in [0.4, 0.5) is 4.39 Å². The molecule has 1 amide bonds. The highest BCUT2D eigenvalue weighted by molar-refractivity contribution is 5.81. The monoisotopic (exact) mass is 369 g/mol. The smallest absolute Gasteiger partial charge is 0.331 e. The lowest BCUT2D eigenvalue weighted by molar-refractivity contribution is -0.131. The van der Waals surface area contributed by atoms with E-state index in [1.807, 2.05) is 0 Å². The van der Waals surface area contributed by atoms with Crippen LogP contribution in [0.3, 0.4) is 0 Å². The Bertz CT molecular complexity index is 1120. The minimum Gasteiger partial charge on any atom is -0.340 e. The van der Waals surface area contributed by atoms with Crippen LogP contribution in [-0.4, -0.2) is 27.0 Å². The molecule has 140 valence electrons. The summed E-state index contributed by atoms with van der Waals surface area (Å²) < 4.78 is 15.8. The predicted molar refractivity (Wildman–Crippen MR) is 101 cm³/mol. The number of carbonyl (C=O) groups excluding carboxylic acids is 1. The van der Waals surface area contributed by atoms with Gasteiger partial charge < -0.3 is 4.90 Å². The third-order valence-electron chi connectivity index (χ3n) is 4.48. The highest BCUT2D eigenvalue weighted by Crippen LogP contribution is 2.10. The Kier molecular flexibility index (Phi) is 5.21. The molecule has 2 aromatic carbocycles. The van der Waals surface area contributed by atoms with Gasteiger partial charge in [0.15, 0.2) is 0 Å². The molecule has 1 heterocycles. The maximum Gasteiger partial charge on any atom is 0.331 e. The molecule has 0 unspecified atom stereocenters. The molecule has 1 aromatic heterocycles. The number of aromatic nitrogens is 2. The first-order valence-corrected chi connectivity index (χ1v) is 8.63. The zero-order valence-corrected chi connectivity index (χ0v) is 15.2. The molecule has 3 aromatic rings. The number of hydrogen-bond donors (Lipinski definition) is 0. The van der Waals surface area contributed by atoms with E-state index in [9.17, 15) is 18.8 Å². The molecule has 3 rings (SSSR count). The second-order valence-electron chi connectivity index (χ2n) is 6.32. The highest BCUT2D eigenvalue weighted by Gasteiger charge is 2.16. The van der Waals surface area contributed by atoms with Gasteiger partial charge in [0.25, 0.3) is 5.56 Å². The van der Waals surface area contributed by atoms with Gasteiger partial charge >= 0.3 is 5.69 Å². The maximum atomic E-state index is 13.3. The first-order valence-electron chi connectivity index (χ1n) is 8.63. The molecule has 0 fully saturated rings. The van der Waals surface area contributed by atoms with Gasteiger partial charge in [-0.25, -0.2) is 9.18 Å². The van der Waals surface area contributed by atoms with Crippen molar-refractivity contribution in [1.29, 1.82) is 0 Å². The first-order chi connectivity index (χ1) is 12.9. The lowest BCUT2D eigenvalue weighted by Crippen LogP contribution is -2.42.